The second kappa shape index (κ2) is 6.30. The fraction of sp³-hybridized carbons (Fsp3) is 0. The maximum absolute atomic E-state index is 9.93. The zero-order chi connectivity index (χ0) is 16.4. The molecule has 1 aromatic heterocycles. The van der Waals surface area contributed by atoms with Crippen LogP contribution in [-0.4, -0.2) is 11.3 Å². The van der Waals surface area contributed by atoms with Crippen molar-refractivity contribution in [2.45, 2.75) is 0 Å². The Hall–Kier alpha value is -2.91. The summed E-state index contributed by atoms with van der Waals surface area (Å²) in [6, 6.07) is 25.9. The number of rotatable bonds is 3. The SMILES string of the molecule is Oc1ccccc1C=Nc1sc2ccccc2c1-c1ccccc1. The van der Waals surface area contributed by atoms with E-state index in [1.807, 2.05) is 42.5 Å². The highest BCUT2D eigenvalue weighted by Crippen LogP contribution is 2.44. The number of para-hydroxylation sites is 1. The molecule has 4 rings (SSSR count). The molecule has 0 saturated heterocycles. The highest BCUT2D eigenvalue weighted by molar-refractivity contribution is 7.23. The topological polar surface area (TPSA) is 32.6 Å². The Balaban J connectivity index is 1.88. The van der Waals surface area contributed by atoms with E-state index in [4.69, 9.17) is 0 Å². The van der Waals surface area contributed by atoms with E-state index in [1.54, 1.807) is 23.6 Å². The van der Waals surface area contributed by atoms with E-state index in [0.717, 1.165) is 16.1 Å². The molecule has 116 valence electrons. The van der Waals surface area contributed by atoms with Gasteiger partial charge in [-0.25, -0.2) is 4.99 Å². The maximum Gasteiger partial charge on any atom is 0.125 e. The van der Waals surface area contributed by atoms with Crippen LogP contribution >= 0.6 is 11.3 Å². The number of hydrogen-bond acceptors (Lipinski definition) is 3. The minimum Gasteiger partial charge on any atom is -0.507 e. The lowest BCUT2D eigenvalue weighted by Crippen LogP contribution is -1.81. The molecular weight excluding hydrogens is 314 g/mol. The third-order valence-electron chi connectivity index (χ3n) is 3.90. The summed E-state index contributed by atoms with van der Waals surface area (Å²) in [5, 5.41) is 12.1. The number of aliphatic imine (C=N–C) groups is 1. The minimum absolute atomic E-state index is 0.239. The number of phenols is 1. The van der Waals surface area contributed by atoms with Crippen molar-refractivity contribution in [3.05, 3.63) is 84.4 Å². The number of hydrogen-bond donors (Lipinski definition) is 1. The normalized spacial score (nSPS) is 11.3. The zero-order valence-electron chi connectivity index (χ0n) is 12.9. The van der Waals surface area contributed by atoms with E-state index in [0.29, 0.717) is 5.56 Å². The van der Waals surface area contributed by atoms with Gasteiger partial charge >= 0.3 is 0 Å². The fourth-order valence-corrected chi connectivity index (χ4v) is 3.80. The molecule has 0 amide bonds. The molecule has 1 heterocycles. The first-order chi connectivity index (χ1) is 11.8. The molecule has 0 atom stereocenters. The van der Waals surface area contributed by atoms with Crippen molar-refractivity contribution >= 4 is 32.6 Å². The van der Waals surface area contributed by atoms with E-state index < -0.39 is 0 Å². The summed E-state index contributed by atoms with van der Waals surface area (Å²) < 4.78 is 1.21. The highest BCUT2D eigenvalue weighted by atomic mass is 32.1. The smallest absolute Gasteiger partial charge is 0.125 e. The Morgan fingerprint density at radius 1 is 0.792 bits per heavy atom. The van der Waals surface area contributed by atoms with Crippen LogP contribution in [0.1, 0.15) is 5.56 Å². The predicted molar refractivity (Wildman–Crippen MR) is 103 cm³/mol. The van der Waals surface area contributed by atoms with Crippen LogP contribution in [0.15, 0.2) is 83.9 Å². The second-order valence-electron chi connectivity index (χ2n) is 5.46. The van der Waals surface area contributed by atoms with Gasteiger partial charge in [0, 0.05) is 27.4 Å². The lowest BCUT2D eigenvalue weighted by molar-refractivity contribution is 0.474. The first kappa shape index (κ1) is 14.7. The molecule has 0 unspecified atom stereocenters. The van der Waals surface area contributed by atoms with Crippen molar-refractivity contribution in [1.29, 1.82) is 0 Å². The quantitative estimate of drug-likeness (QED) is 0.458. The molecule has 3 aromatic carbocycles. The van der Waals surface area contributed by atoms with Gasteiger partial charge in [-0.3, -0.25) is 0 Å². The lowest BCUT2D eigenvalue weighted by Gasteiger charge is -2.02. The van der Waals surface area contributed by atoms with E-state index in [2.05, 4.69) is 35.3 Å². The summed E-state index contributed by atoms with van der Waals surface area (Å²) in [5.74, 6) is 0.239. The van der Waals surface area contributed by atoms with Crippen molar-refractivity contribution in [3.63, 3.8) is 0 Å². The number of thiophene rings is 1. The summed E-state index contributed by atoms with van der Waals surface area (Å²) in [7, 11) is 0. The third kappa shape index (κ3) is 2.70. The van der Waals surface area contributed by atoms with Crippen molar-refractivity contribution in [2.24, 2.45) is 4.99 Å². The number of aromatic hydroxyl groups is 1. The predicted octanol–water partition coefficient (Wildman–Crippen LogP) is 6.02. The number of nitrogens with zero attached hydrogens (tertiary/aromatic N) is 1. The molecular formula is C21H15NOS. The van der Waals surface area contributed by atoms with Gasteiger partial charge in [-0.1, -0.05) is 60.7 Å². The second-order valence-corrected chi connectivity index (χ2v) is 6.49. The van der Waals surface area contributed by atoms with E-state index in [9.17, 15) is 5.11 Å². The van der Waals surface area contributed by atoms with E-state index in [1.165, 1.54) is 10.1 Å². The number of benzene rings is 3. The molecule has 0 aliphatic heterocycles. The van der Waals surface area contributed by atoms with Crippen molar-refractivity contribution in [1.82, 2.24) is 0 Å². The van der Waals surface area contributed by atoms with Gasteiger partial charge < -0.3 is 5.11 Å². The van der Waals surface area contributed by atoms with Crippen LogP contribution in [0.25, 0.3) is 21.2 Å². The zero-order valence-corrected chi connectivity index (χ0v) is 13.7. The molecule has 3 heteroatoms. The van der Waals surface area contributed by atoms with Crippen molar-refractivity contribution in [2.75, 3.05) is 0 Å². The van der Waals surface area contributed by atoms with Crippen LogP contribution in [0.5, 0.6) is 5.75 Å². The van der Waals surface area contributed by atoms with Gasteiger partial charge in [-0.2, -0.15) is 0 Å². The average Bonchev–Trinajstić information content (AvgIpc) is 3.00. The van der Waals surface area contributed by atoms with Gasteiger partial charge in [0.2, 0.25) is 0 Å². The Kier molecular flexibility index (Phi) is 3.85. The third-order valence-corrected chi connectivity index (χ3v) is 4.98. The molecule has 2 nitrogen and oxygen atoms in total. The Bertz CT molecular complexity index is 1020. The van der Waals surface area contributed by atoms with Gasteiger partial charge in [0.1, 0.15) is 10.8 Å². The summed E-state index contributed by atoms with van der Waals surface area (Å²) in [6.45, 7) is 0. The van der Waals surface area contributed by atoms with Gasteiger partial charge in [0.15, 0.2) is 0 Å². The van der Waals surface area contributed by atoms with Crippen molar-refractivity contribution < 1.29 is 5.11 Å². The first-order valence-electron chi connectivity index (χ1n) is 7.72. The molecule has 4 aromatic rings. The molecule has 0 fully saturated rings. The number of fused-ring (bicyclic) bond motifs is 1. The largest absolute Gasteiger partial charge is 0.507 e. The molecule has 0 spiro atoms. The fourth-order valence-electron chi connectivity index (χ4n) is 2.73. The Labute approximate surface area is 144 Å². The van der Waals surface area contributed by atoms with Gasteiger partial charge in [0.25, 0.3) is 0 Å². The molecule has 1 N–H and O–H groups in total. The summed E-state index contributed by atoms with van der Waals surface area (Å²) in [6.07, 6.45) is 1.73. The Morgan fingerprint density at radius 3 is 2.33 bits per heavy atom. The average molecular weight is 329 g/mol. The van der Waals surface area contributed by atoms with Crippen LogP contribution in [-0.2, 0) is 0 Å². The molecule has 0 saturated carbocycles. The van der Waals surface area contributed by atoms with E-state index in [-0.39, 0.29) is 5.75 Å². The Morgan fingerprint density at radius 2 is 1.50 bits per heavy atom. The van der Waals surface area contributed by atoms with Crippen LogP contribution in [0.3, 0.4) is 0 Å². The monoisotopic (exact) mass is 329 g/mol. The van der Waals surface area contributed by atoms with Crippen LogP contribution in [0, 0.1) is 0 Å². The first-order valence-corrected chi connectivity index (χ1v) is 8.53. The molecule has 0 bridgehead atoms. The molecule has 24 heavy (non-hydrogen) atoms. The van der Waals surface area contributed by atoms with Crippen LogP contribution in [0.4, 0.5) is 5.00 Å². The molecule has 0 radical (unpaired) electrons. The highest BCUT2D eigenvalue weighted by Gasteiger charge is 2.12. The van der Waals surface area contributed by atoms with Gasteiger partial charge in [0.05, 0.1) is 0 Å². The summed E-state index contributed by atoms with van der Waals surface area (Å²) in [4.78, 5) is 4.68. The number of phenolic OH excluding ortho intramolecular Hbond substituents is 1. The minimum atomic E-state index is 0.239. The molecule has 0 aliphatic rings. The lowest BCUT2D eigenvalue weighted by atomic mass is 10.0. The maximum atomic E-state index is 9.93. The van der Waals surface area contributed by atoms with E-state index >= 15 is 0 Å². The molecule has 0 aliphatic carbocycles. The van der Waals surface area contributed by atoms with Gasteiger partial charge in [-0.05, 0) is 23.8 Å². The van der Waals surface area contributed by atoms with Gasteiger partial charge in [-0.15, -0.1) is 11.3 Å². The van der Waals surface area contributed by atoms with Crippen LogP contribution in [0.2, 0.25) is 0 Å². The summed E-state index contributed by atoms with van der Waals surface area (Å²) >= 11 is 1.66. The standard InChI is InChI=1S/C21H15NOS/c23-18-12-6-4-10-16(18)14-22-21-20(15-8-2-1-3-9-15)17-11-5-7-13-19(17)24-21/h1-14,23H. The van der Waals surface area contributed by atoms with Crippen LogP contribution < -0.4 is 0 Å². The summed E-state index contributed by atoms with van der Waals surface area (Å²) in [5.41, 5.74) is 3.01. The van der Waals surface area contributed by atoms with Crippen molar-refractivity contribution in [3.8, 4) is 16.9 Å².